The highest BCUT2D eigenvalue weighted by Crippen LogP contribution is 2.27. The maximum atomic E-state index is 12.5. The molecule has 2 atom stereocenters. The average Bonchev–Trinajstić information content (AvgIpc) is 3.09. The summed E-state index contributed by atoms with van der Waals surface area (Å²) in [5.74, 6) is 0.0375. The van der Waals surface area contributed by atoms with Gasteiger partial charge < -0.3 is 15.4 Å². The lowest BCUT2D eigenvalue weighted by Gasteiger charge is -2.38. The molecule has 1 aliphatic rings. The summed E-state index contributed by atoms with van der Waals surface area (Å²) in [5.41, 5.74) is 5.40. The van der Waals surface area contributed by atoms with E-state index in [-0.39, 0.29) is 30.9 Å². The lowest BCUT2D eigenvalue weighted by molar-refractivity contribution is -0.136. The number of ether oxygens (including phenoxy) is 1. The first-order valence-electron chi connectivity index (χ1n) is 8.47. The fraction of sp³-hybridized carbons (Fsp3) is 0.389. The highest BCUT2D eigenvalue weighted by molar-refractivity contribution is 6.30. The summed E-state index contributed by atoms with van der Waals surface area (Å²) in [5, 5.41) is 4.64. The van der Waals surface area contributed by atoms with E-state index < -0.39 is 5.91 Å². The number of likely N-dealkylation sites (tertiary alicyclic amines) is 1. The zero-order valence-corrected chi connectivity index (χ0v) is 15.0. The first-order valence-corrected chi connectivity index (χ1v) is 8.85. The van der Waals surface area contributed by atoms with Crippen molar-refractivity contribution in [3.05, 3.63) is 47.7 Å². The second-order valence-corrected chi connectivity index (χ2v) is 6.81. The van der Waals surface area contributed by atoms with Crippen LogP contribution in [0.3, 0.4) is 0 Å². The summed E-state index contributed by atoms with van der Waals surface area (Å²) in [6.45, 7) is 1.16. The molecule has 1 saturated heterocycles. The Bertz CT molecular complexity index is 766. The summed E-state index contributed by atoms with van der Waals surface area (Å²) in [7, 11) is 0. The van der Waals surface area contributed by atoms with E-state index in [1.807, 2.05) is 12.1 Å². The fourth-order valence-corrected chi connectivity index (χ4v) is 3.37. The van der Waals surface area contributed by atoms with Gasteiger partial charge in [-0.3, -0.25) is 14.3 Å². The van der Waals surface area contributed by atoms with Gasteiger partial charge in [-0.1, -0.05) is 17.7 Å². The van der Waals surface area contributed by atoms with E-state index in [4.69, 9.17) is 22.1 Å². The van der Waals surface area contributed by atoms with Gasteiger partial charge in [-0.2, -0.15) is 5.10 Å². The van der Waals surface area contributed by atoms with E-state index in [1.54, 1.807) is 40.2 Å². The van der Waals surface area contributed by atoms with Gasteiger partial charge in [0.05, 0.1) is 0 Å². The summed E-state index contributed by atoms with van der Waals surface area (Å²) in [6.07, 6.45) is 3.96. The van der Waals surface area contributed by atoms with Crippen LogP contribution in [0.25, 0.3) is 0 Å². The quantitative estimate of drug-likeness (QED) is 0.830. The van der Waals surface area contributed by atoms with E-state index in [2.05, 4.69) is 5.10 Å². The number of primary amides is 1. The third-order valence-corrected chi connectivity index (χ3v) is 4.66. The van der Waals surface area contributed by atoms with Gasteiger partial charge >= 0.3 is 0 Å². The van der Waals surface area contributed by atoms with Gasteiger partial charge in [-0.25, -0.2) is 0 Å². The Morgan fingerprint density at radius 3 is 2.88 bits per heavy atom. The second kappa shape index (κ2) is 8.23. The number of hydrogen-bond acceptors (Lipinski definition) is 4. The monoisotopic (exact) mass is 376 g/mol. The molecule has 0 bridgehead atoms. The number of aromatic nitrogens is 2. The molecule has 138 valence electrons. The highest BCUT2D eigenvalue weighted by atomic mass is 35.5. The van der Waals surface area contributed by atoms with E-state index in [9.17, 15) is 9.59 Å². The Kier molecular flexibility index (Phi) is 5.78. The minimum atomic E-state index is -0.406. The smallest absolute Gasteiger partial charge is 0.244 e. The van der Waals surface area contributed by atoms with Gasteiger partial charge in [0.2, 0.25) is 11.8 Å². The van der Waals surface area contributed by atoms with Crippen LogP contribution in [0.1, 0.15) is 12.8 Å². The molecule has 2 heterocycles. The maximum absolute atomic E-state index is 12.5. The first kappa shape index (κ1) is 18.3. The van der Waals surface area contributed by atoms with Crippen LogP contribution in [0, 0.1) is 5.92 Å². The molecule has 7 nitrogen and oxygen atoms in total. The fourth-order valence-electron chi connectivity index (χ4n) is 3.19. The zero-order chi connectivity index (χ0) is 18.5. The molecule has 0 unspecified atom stereocenters. The molecular weight excluding hydrogens is 356 g/mol. The zero-order valence-electron chi connectivity index (χ0n) is 14.3. The largest absolute Gasteiger partial charge is 0.490 e. The molecule has 1 aromatic carbocycles. The molecule has 2 amide bonds. The molecule has 0 saturated carbocycles. The van der Waals surface area contributed by atoms with Crippen LogP contribution in [0.2, 0.25) is 5.02 Å². The first-order chi connectivity index (χ1) is 12.5. The van der Waals surface area contributed by atoms with Crippen LogP contribution in [-0.4, -0.2) is 45.7 Å². The van der Waals surface area contributed by atoms with Crippen molar-refractivity contribution < 1.29 is 14.3 Å². The SMILES string of the molecule is NC(=O)C[C@H]1CN(C(=O)Cn2cccn2)CC[C@@H]1Oc1cccc(Cl)c1. The van der Waals surface area contributed by atoms with Crippen molar-refractivity contribution >= 4 is 23.4 Å². The van der Waals surface area contributed by atoms with Gasteiger partial charge in [0, 0.05) is 49.3 Å². The van der Waals surface area contributed by atoms with Crippen molar-refractivity contribution in [3.8, 4) is 5.75 Å². The number of halogens is 1. The Morgan fingerprint density at radius 2 is 2.19 bits per heavy atom. The molecule has 1 aromatic heterocycles. The van der Waals surface area contributed by atoms with Gasteiger partial charge in [-0.05, 0) is 24.3 Å². The topological polar surface area (TPSA) is 90.5 Å². The number of carbonyl (C=O) groups is 2. The summed E-state index contributed by atoms with van der Waals surface area (Å²) in [6, 6.07) is 8.91. The van der Waals surface area contributed by atoms with E-state index in [1.165, 1.54) is 0 Å². The van der Waals surface area contributed by atoms with Crippen molar-refractivity contribution in [2.24, 2.45) is 11.7 Å². The van der Waals surface area contributed by atoms with Gasteiger partial charge in [-0.15, -0.1) is 0 Å². The summed E-state index contributed by atoms with van der Waals surface area (Å²) in [4.78, 5) is 25.7. The molecule has 2 N–H and O–H groups in total. The van der Waals surface area contributed by atoms with Crippen molar-refractivity contribution in [2.45, 2.75) is 25.5 Å². The minimum Gasteiger partial charge on any atom is -0.490 e. The molecule has 0 radical (unpaired) electrons. The van der Waals surface area contributed by atoms with Crippen LogP contribution >= 0.6 is 11.6 Å². The average molecular weight is 377 g/mol. The Hall–Kier alpha value is -2.54. The molecule has 26 heavy (non-hydrogen) atoms. The normalized spacial score (nSPS) is 20.0. The number of nitrogens with two attached hydrogens (primary N) is 1. The molecule has 3 rings (SSSR count). The van der Waals surface area contributed by atoms with E-state index in [0.29, 0.717) is 30.3 Å². The summed E-state index contributed by atoms with van der Waals surface area (Å²) >= 11 is 6.00. The highest BCUT2D eigenvalue weighted by Gasteiger charge is 2.34. The number of rotatable bonds is 6. The van der Waals surface area contributed by atoms with Gasteiger partial charge in [0.1, 0.15) is 18.4 Å². The Labute approximate surface area is 156 Å². The lowest BCUT2D eigenvalue weighted by atomic mass is 9.91. The Morgan fingerprint density at radius 1 is 1.35 bits per heavy atom. The van der Waals surface area contributed by atoms with Gasteiger partial charge in [0.15, 0.2) is 0 Å². The third-order valence-electron chi connectivity index (χ3n) is 4.42. The van der Waals surface area contributed by atoms with Crippen LogP contribution in [-0.2, 0) is 16.1 Å². The molecule has 0 aliphatic carbocycles. The van der Waals surface area contributed by atoms with Crippen LogP contribution < -0.4 is 10.5 Å². The Balaban J connectivity index is 1.66. The predicted octanol–water partition coefficient (Wildman–Crippen LogP) is 1.71. The lowest BCUT2D eigenvalue weighted by Crippen LogP contribution is -2.49. The van der Waals surface area contributed by atoms with Crippen molar-refractivity contribution in [2.75, 3.05) is 13.1 Å². The predicted molar refractivity (Wildman–Crippen MR) is 96.6 cm³/mol. The van der Waals surface area contributed by atoms with Crippen molar-refractivity contribution in [1.82, 2.24) is 14.7 Å². The standard InChI is InChI=1S/C18H21ClN4O3/c19-14-3-1-4-15(10-14)26-16-5-8-22(11-13(16)9-17(20)24)18(25)12-23-7-2-6-21-23/h1-4,6-7,10,13,16H,5,8-9,11-12H2,(H2,20,24)/t13-,16-/m0/s1. The van der Waals surface area contributed by atoms with Crippen molar-refractivity contribution in [1.29, 1.82) is 0 Å². The molecule has 8 heteroatoms. The maximum Gasteiger partial charge on any atom is 0.244 e. The van der Waals surface area contributed by atoms with Crippen LogP contribution in [0.5, 0.6) is 5.75 Å². The van der Waals surface area contributed by atoms with Crippen LogP contribution in [0.4, 0.5) is 0 Å². The number of hydrogen-bond donors (Lipinski definition) is 1. The number of carbonyl (C=O) groups excluding carboxylic acids is 2. The van der Waals surface area contributed by atoms with E-state index >= 15 is 0 Å². The number of piperidine rings is 1. The molecular formula is C18H21ClN4O3. The number of benzene rings is 1. The van der Waals surface area contributed by atoms with Crippen molar-refractivity contribution in [3.63, 3.8) is 0 Å². The minimum absolute atomic E-state index is 0.0376. The van der Waals surface area contributed by atoms with Crippen LogP contribution in [0.15, 0.2) is 42.7 Å². The second-order valence-electron chi connectivity index (χ2n) is 6.38. The molecule has 1 fully saturated rings. The molecule has 0 spiro atoms. The molecule has 2 aromatic rings. The number of nitrogens with zero attached hydrogens (tertiary/aromatic N) is 3. The van der Waals surface area contributed by atoms with Gasteiger partial charge in [0.25, 0.3) is 0 Å². The van der Waals surface area contributed by atoms with E-state index in [0.717, 1.165) is 0 Å². The molecule has 1 aliphatic heterocycles. The third kappa shape index (κ3) is 4.76. The number of amides is 2. The summed E-state index contributed by atoms with van der Waals surface area (Å²) < 4.78 is 7.62.